The van der Waals surface area contributed by atoms with Gasteiger partial charge in [-0.25, -0.2) is 0 Å². The van der Waals surface area contributed by atoms with Crippen molar-refractivity contribution in [1.29, 1.82) is 0 Å². The Kier molecular flexibility index (Phi) is 5.42. The van der Waals surface area contributed by atoms with Gasteiger partial charge in [-0.3, -0.25) is 4.79 Å². The Labute approximate surface area is 170 Å². The van der Waals surface area contributed by atoms with Gasteiger partial charge in [0.1, 0.15) is 5.75 Å². The van der Waals surface area contributed by atoms with E-state index in [1.165, 1.54) is 5.56 Å². The molecule has 3 aromatic rings. The summed E-state index contributed by atoms with van der Waals surface area (Å²) in [6.07, 6.45) is 0. The van der Waals surface area contributed by atoms with Crippen LogP contribution in [-0.2, 0) is 0 Å². The predicted octanol–water partition coefficient (Wildman–Crippen LogP) is 3.42. The lowest BCUT2D eigenvalue weighted by atomic mass is 10.1. The summed E-state index contributed by atoms with van der Waals surface area (Å²) in [6.45, 7) is 4.79. The van der Waals surface area contributed by atoms with E-state index in [1.54, 1.807) is 7.11 Å². The largest absolute Gasteiger partial charge is 0.496 e. The first-order chi connectivity index (χ1) is 14.2. The minimum atomic E-state index is 0.00286. The molecule has 0 saturated carbocycles. The summed E-state index contributed by atoms with van der Waals surface area (Å²) < 4.78 is 5.33. The standard InChI is InChI=1S/C23H24N4O2/c1-17-7-3-4-8-18(17)20-11-12-22(25-24-20)26-13-15-27(16-14-26)23(28)19-9-5-6-10-21(19)29-2/h3-12H,13-16H2,1-2H3. The van der Waals surface area contributed by atoms with E-state index in [2.05, 4.69) is 34.2 Å². The average molecular weight is 388 g/mol. The Morgan fingerprint density at radius 2 is 1.62 bits per heavy atom. The van der Waals surface area contributed by atoms with Gasteiger partial charge in [0.15, 0.2) is 5.82 Å². The lowest BCUT2D eigenvalue weighted by Gasteiger charge is -2.35. The van der Waals surface area contributed by atoms with Crippen LogP contribution in [0.3, 0.4) is 0 Å². The molecule has 1 saturated heterocycles. The number of amides is 1. The Morgan fingerprint density at radius 1 is 0.897 bits per heavy atom. The maximum absolute atomic E-state index is 12.9. The van der Waals surface area contributed by atoms with Crippen LogP contribution in [0.15, 0.2) is 60.7 Å². The average Bonchev–Trinajstić information content (AvgIpc) is 2.79. The molecular formula is C23H24N4O2. The van der Waals surface area contributed by atoms with E-state index in [9.17, 15) is 4.79 Å². The molecule has 0 radical (unpaired) electrons. The summed E-state index contributed by atoms with van der Waals surface area (Å²) in [6, 6.07) is 19.5. The highest BCUT2D eigenvalue weighted by atomic mass is 16.5. The summed E-state index contributed by atoms with van der Waals surface area (Å²) in [4.78, 5) is 16.9. The van der Waals surface area contributed by atoms with Gasteiger partial charge in [0, 0.05) is 31.7 Å². The number of benzene rings is 2. The molecular weight excluding hydrogens is 364 g/mol. The zero-order valence-corrected chi connectivity index (χ0v) is 16.7. The summed E-state index contributed by atoms with van der Waals surface area (Å²) in [5.74, 6) is 1.45. The van der Waals surface area contributed by atoms with E-state index in [4.69, 9.17) is 4.74 Å². The molecule has 148 valence electrons. The van der Waals surface area contributed by atoms with Crippen molar-refractivity contribution < 1.29 is 9.53 Å². The first-order valence-electron chi connectivity index (χ1n) is 9.74. The number of rotatable bonds is 4. The number of anilines is 1. The van der Waals surface area contributed by atoms with Gasteiger partial charge in [0.25, 0.3) is 5.91 Å². The molecule has 0 atom stereocenters. The molecule has 6 nitrogen and oxygen atoms in total. The molecule has 1 amide bonds. The fourth-order valence-electron chi connectivity index (χ4n) is 3.63. The second-order valence-electron chi connectivity index (χ2n) is 7.07. The van der Waals surface area contributed by atoms with Crippen molar-refractivity contribution in [3.05, 3.63) is 71.8 Å². The second-order valence-corrected chi connectivity index (χ2v) is 7.07. The molecule has 4 rings (SSSR count). The van der Waals surface area contributed by atoms with Gasteiger partial charge in [-0.1, -0.05) is 36.4 Å². The highest BCUT2D eigenvalue weighted by Gasteiger charge is 2.24. The number of ether oxygens (including phenoxy) is 1. The van der Waals surface area contributed by atoms with Crippen molar-refractivity contribution in [2.24, 2.45) is 0 Å². The van der Waals surface area contributed by atoms with E-state index < -0.39 is 0 Å². The van der Waals surface area contributed by atoms with Gasteiger partial charge >= 0.3 is 0 Å². The topological polar surface area (TPSA) is 58.6 Å². The molecule has 0 unspecified atom stereocenters. The Hall–Kier alpha value is -3.41. The maximum atomic E-state index is 12.9. The molecule has 29 heavy (non-hydrogen) atoms. The molecule has 0 N–H and O–H groups in total. The Balaban J connectivity index is 1.42. The van der Waals surface area contributed by atoms with E-state index in [0.29, 0.717) is 24.4 Å². The number of para-hydroxylation sites is 1. The fraction of sp³-hybridized carbons (Fsp3) is 0.261. The summed E-state index contributed by atoms with van der Waals surface area (Å²) in [7, 11) is 1.59. The fourth-order valence-corrected chi connectivity index (χ4v) is 3.63. The van der Waals surface area contributed by atoms with E-state index >= 15 is 0 Å². The molecule has 2 heterocycles. The van der Waals surface area contributed by atoms with E-state index in [-0.39, 0.29) is 5.91 Å². The molecule has 1 aromatic heterocycles. The number of carbonyl (C=O) groups excluding carboxylic acids is 1. The number of aryl methyl sites for hydroxylation is 1. The third-order valence-electron chi connectivity index (χ3n) is 5.30. The molecule has 0 bridgehead atoms. The maximum Gasteiger partial charge on any atom is 0.257 e. The van der Waals surface area contributed by atoms with Crippen molar-refractivity contribution in [2.45, 2.75) is 6.92 Å². The van der Waals surface area contributed by atoms with Crippen molar-refractivity contribution in [1.82, 2.24) is 15.1 Å². The monoisotopic (exact) mass is 388 g/mol. The molecule has 2 aromatic carbocycles. The highest BCUT2D eigenvalue weighted by molar-refractivity contribution is 5.97. The number of piperazine rings is 1. The van der Waals surface area contributed by atoms with Gasteiger partial charge in [-0.2, -0.15) is 0 Å². The molecule has 0 aliphatic carbocycles. The number of carbonyl (C=O) groups is 1. The minimum absolute atomic E-state index is 0.00286. The normalized spacial score (nSPS) is 14.0. The third kappa shape index (κ3) is 3.92. The number of aromatic nitrogens is 2. The quantitative estimate of drug-likeness (QED) is 0.685. The summed E-state index contributed by atoms with van der Waals surface area (Å²) >= 11 is 0. The lowest BCUT2D eigenvalue weighted by molar-refractivity contribution is 0.0743. The minimum Gasteiger partial charge on any atom is -0.496 e. The van der Waals surface area contributed by atoms with Gasteiger partial charge in [-0.15, -0.1) is 10.2 Å². The van der Waals surface area contributed by atoms with E-state index in [0.717, 1.165) is 30.2 Å². The molecule has 1 aliphatic heterocycles. The summed E-state index contributed by atoms with van der Waals surface area (Å²) in [5, 5.41) is 8.85. The van der Waals surface area contributed by atoms with Crippen LogP contribution in [0.1, 0.15) is 15.9 Å². The number of hydrogen-bond acceptors (Lipinski definition) is 5. The molecule has 0 spiro atoms. The number of methoxy groups -OCH3 is 1. The predicted molar refractivity (Wildman–Crippen MR) is 113 cm³/mol. The zero-order valence-electron chi connectivity index (χ0n) is 16.7. The van der Waals surface area contributed by atoms with Gasteiger partial charge in [0.05, 0.1) is 18.4 Å². The van der Waals surface area contributed by atoms with Crippen LogP contribution in [0, 0.1) is 6.92 Å². The molecule has 6 heteroatoms. The summed E-state index contributed by atoms with van der Waals surface area (Å²) in [5.41, 5.74) is 3.75. The first kappa shape index (κ1) is 18.9. The van der Waals surface area contributed by atoms with Crippen molar-refractivity contribution in [3.63, 3.8) is 0 Å². The number of hydrogen-bond donors (Lipinski definition) is 0. The van der Waals surface area contributed by atoms with Gasteiger partial charge in [-0.05, 0) is 36.8 Å². The zero-order chi connectivity index (χ0) is 20.2. The molecule has 1 aliphatic rings. The Bertz CT molecular complexity index is 996. The van der Waals surface area contributed by atoms with E-state index in [1.807, 2.05) is 53.4 Å². The highest BCUT2D eigenvalue weighted by Crippen LogP contribution is 2.23. The SMILES string of the molecule is COc1ccccc1C(=O)N1CCN(c2ccc(-c3ccccc3C)nn2)CC1. The Morgan fingerprint density at radius 3 is 2.31 bits per heavy atom. The lowest BCUT2D eigenvalue weighted by Crippen LogP contribution is -2.49. The third-order valence-corrected chi connectivity index (χ3v) is 5.30. The van der Waals surface area contributed by atoms with Crippen LogP contribution in [-0.4, -0.2) is 54.3 Å². The van der Waals surface area contributed by atoms with Crippen LogP contribution < -0.4 is 9.64 Å². The van der Waals surface area contributed by atoms with Crippen LogP contribution in [0.25, 0.3) is 11.3 Å². The smallest absolute Gasteiger partial charge is 0.257 e. The van der Waals surface area contributed by atoms with Crippen molar-refractivity contribution in [3.8, 4) is 17.0 Å². The van der Waals surface area contributed by atoms with Crippen molar-refractivity contribution in [2.75, 3.05) is 38.2 Å². The number of nitrogens with zero attached hydrogens (tertiary/aromatic N) is 4. The van der Waals surface area contributed by atoms with Gasteiger partial charge in [0.2, 0.25) is 0 Å². The molecule has 1 fully saturated rings. The van der Waals surface area contributed by atoms with Gasteiger partial charge < -0.3 is 14.5 Å². The van der Waals surface area contributed by atoms with Crippen LogP contribution in [0.2, 0.25) is 0 Å². The second kappa shape index (κ2) is 8.31. The van der Waals surface area contributed by atoms with Crippen LogP contribution in [0.4, 0.5) is 5.82 Å². The first-order valence-corrected chi connectivity index (χ1v) is 9.74. The van der Waals surface area contributed by atoms with Crippen LogP contribution >= 0.6 is 0 Å². The van der Waals surface area contributed by atoms with Crippen LogP contribution in [0.5, 0.6) is 5.75 Å². The van der Waals surface area contributed by atoms with Crippen molar-refractivity contribution >= 4 is 11.7 Å².